The number of carbonyl (C=O) groups excluding carboxylic acids is 3. The lowest BCUT2D eigenvalue weighted by Crippen LogP contribution is -2.27. The van der Waals surface area contributed by atoms with Crippen LogP contribution in [0.2, 0.25) is 0 Å². The molecule has 0 spiro atoms. The minimum Gasteiger partial charge on any atom is -0.490 e. The number of thioether (sulfide) groups is 1. The Bertz CT molecular complexity index is 1400. The van der Waals surface area contributed by atoms with E-state index in [1.807, 2.05) is 63.2 Å². The van der Waals surface area contributed by atoms with Crippen LogP contribution in [0.1, 0.15) is 29.2 Å². The van der Waals surface area contributed by atoms with Crippen LogP contribution >= 0.6 is 27.7 Å². The number of ether oxygens (including phenoxy) is 2. The molecular weight excluding hydrogens is 568 g/mol. The first-order chi connectivity index (χ1) is 18.2. The predicted molar refractivity (Wildman–Crippen MR) is 153 cm³/mol. The Morgan fingerprint density at radius 2 is 1.74 bits per heavy atom. The summed E-state index contributed by atoms with van der Waals surface area (Å²) < 4.78 is 12.4. The molecule has 3 aromatic rings. The van der Waals surface area contributed by atoms with E-state index >= 15 is 0 Å². The highest BCUT2D eigenvalue weighted by atomic mass is 79.9. The number of halogens is 1. The third-order valence-corrected chi connectivity index (χ3v) is 7.28. The van der Waals surface area contributed by atoms with E-state index in [4.69, 9.17) is 9.47 Å². The van der Waals surface area contributed by atoms with Crippen molar-refractivity contribution in [1.82, 2.24) is 4.90 Å². The average Bonchev–Trinajstić information content (AvgIpc) is 3.14. The smallest absolute Gasteiger partial charge is 0.293 e. The van der Waals surface area contributed by atoms with E-state index in [9.17, 15) is 14.4 Å². The minimum atomic E-state index is -0.343. The fraction of sp³-hybridized carbons (Fsp3) is 0.207. The van der Waals surface area contributed by atoms with Gasteiger partial charge in [0, 0.05) is 10.2 Å². The highest BCUT2D eigenvalue weighted by Crippen LogP contribution is 2.35. The van der Waals surface area contributed by atoms with Gasteiger partial charge in [0.15, 0.2) is 18.1 Å². The van der Waals surface area contributed by atoms with Crippen LogP contribution in [0.4, 0.5) is 10.5 Å². The van der Waals surface area contributed by atoms with Gasteiger partial charge in [-0.05, 0) is 97.3 Å². The van der Waals surface area contributed by atoms with Crippen molar-refractivity contribution < 1.29 is 23.9 Å². The zero-order chi connectivity index (χ0) is 27.2. The van der Waals surface area contributed by atoms with Gasteiger partial charge in [0.1, 0.15) is 0 Å². The molecule has 1 heterocycles. The molecule has 196 valence electrons. The van der Waals surface area contributed by atoms with Gasteiger partial charge in [0.05, 0.1) is 18.1 Å². The molecule has 0 unspecified atom stereocenters. The van der Waals surface area contributed by atoms with Crippen LogP contribution < -0.4 is 14.8 Å². The van der Waals surface area contributed by atoms with Crippen LogP contribution in [0.25, 0.3) is 6.08 Å². The maximum Gasteiger partial charge on any atom is 0.293 e. The van der Waals surface area contributed by atoms with Crippen molar-refractivity contribution in [2.24, 2.45) is 0 Å². The molecule has 0 radical (unpaired) electrons. The molecule has 3 aromatic carbocycles. The topological polar surface area (TPSA) is 84.9 Å². The highest BCUT2D eigenvalue weighted by Gasteiger charge is 2.35. The number of nitrogens with zero attached hydrogens (tertiary/aromatic N) is 1. The van der Waals surface area contributed by atoms with Gasteiger partial charge in [-0.2, -0.15) is 0 Å². The number of rotatable bonds is 9. The molecule has 0 aliphatic carbocycles. The summed E-state index contributed by atoms with van der Waals surface area (Å²) in [4.78, 5) is 39.5. The molecule has 38 heavy (non-hydrogen) atoms. The summed E-state index contributed by atoms with van der Waals surface area (Å²) in [6.07, 6.45) is 1.66. The third-order valence-electron chi connectivity index (χ3n) is 5.84. The van der Waals surface area contributed by atoms with Crippen molar-refractivity contribution in [3.63, 3.8) is 0 Å². The first kappa shape index (κ1) is 27.5. The van der Waals surface area contributed by atoms with E-state index in [2.05, 4.69) is 21.2 Å². The lowest BCUT2D eigenvalue weighted by atomic mass is 10.1. The summed E-state index contributed by atoms with van der Waals surface area (Å²) in [5, 5.41) is 2.52. The summed E-state index contributed by atoms with van der Waals surface area (Å²) in [6, 6.07) is 18.4. The van der Waals surface area contributed by atoms with Crippen molar-refractivity contribution in [3.8, 4) is 11.5 Å². The van der Waals surface area contributed by atoms with Gasteiger partial charge in [0.25, 0.3) is 17.1 Å². The van der Waals surface area contributed by atoms with Crippen molar-refractivity contribution >= 4 is 56.5 Å². The molecule has 0 atom stereocenters. The average molecular weight is 596 g/mol. The number of benzene rings is 3. The summed E-state index contributed by atoms with van der Waals surface area (Å²) in [5.74, 6) is 0.209. The largest absolute Gasteiger partial charge is 0.490 e. The molecule has 1 fully saturated rings. The van der Waals surface area contributed by atoms with Crippen LogP contribution in [0.3, 0.4) is 0 Å². The predicted octanol–water partition coefficient (Wildman–Crippen LogP) is 6.72. The van der Waals surface area contributed by atoms with E-state index in [1.165, 1.54) is 4.90 Å². The number of imide groups is 1. The van der Waals surface area contributed by atoms with Crippen molar-refractivity contribution in [2.75, 3.05) is 18.5 Å². The number of nitrogens with one attached hydrogen (secondary N) is 1. The Morgan fingerprint density at radius 3 is 2.45 bits per heavy atom. The van der Waals surface area contributed by atoms with E-state index in [-0.39, 0.29) is 30.2 Å². The third kappa shape index (κ3) is 6.85. The molecule has 1 aliphatic rings. The summed E-state index contributed by atoms with van der Waals surface area (Å²) in [7, 11) is 0. The van der Waals surface area contributed by atoms with Crippen molar-refractivity contribution in [2.45, 2.75) is 27.3 Å². The van der Waals surface area contributed by atoms with Crippen LogP contribution in [0.5, 0.6) is 11.5 Å². The SMILES string of the molecule is CCOc1cc(/C=C2\SC(=O)N(Cc3ccc(Br)cc3)C2=O)ccc1OCC(=O)Nc1ccc(C)c(C)c1. The number of hydrogen-bond donors (Lipinski definition) is 1. The molecule has 9 heteroatoms. The molecule has 1 N–H and O–H groups in total. The molecule has 0 bridgehead atoms. The van der Waals surface area contributed by atoms with Crippen LogP contribution in [-0.4, -0.2) is 35.2 Å². The molecule has 7 nitrogen and oxygen atoms in total. The zero-order valence-electron chi connectivity index (χ0n) is 21.2. The van der Waals surface area contributed by atoms with Crippen LogP contribution in [0.15, 0.2) is 70.0 Å². The maximum absolute atomic E-state index is 12.9. The van der Waals surface area contributed by atoms with E-state index in [0.29, 0.717) is 34.3 Å². The fourth-order valence-corrected chi connectivity index (χ4v) is 4.82. The van der Waals surface area contributed by atoms with Gasteiger partial charge < -0.3 is 14.8 Å². The van der Waals surface area contributed by atoms with Gasteiger partial charge in [0.2, 0.25) is 0 Å². The van der Waals surface area contributed by atoms with E-state index in [1.54, 1.807) is 24.3 Å². The molecule has 1 saturated heterocycles. The number of carbonyl (C=O) groups is 3. The Balaban J connectivity index is 1.43. The van der Waals surface area contributed by atoms with Gasteiger partial charge in [-0.1, -0.05) is 40.2 Å². The number of hydrogen-bond acceptors (Lipinski definition) is 6. The van der Waals surface area contributed by atoms with Gasteiger partial charge in [-0.3, -0.25) is 19.3 Å². The first-order valence-corrected chi connectivity index (χ1v) is 13.6. The van der Waals surface area contributed by atoms with Gasteiger partial charge in [-0.15, -0.1) is 0 Å². The van der Waals surface area contributed by atoms with Crippen molar-refractivity contribution in [3.05, 3.63) is 92.3 Å². The lowest BCUT2D eigenvalue weighted by molar-refractivity contribution is -0.123. The maximum atomic E-state index is 12.9. The second-order valence-electron chi connectivity index (χ2n) is 8.67. The number of amides is 3. The summed E-state index contributed by atoms with van der Waals surface area (Å²) >= 11 is 4.29. The summed E-state index contributed by atoms with van der Waals surface area (Å²) in [6.45, 7) is 6.24. The second-order valence-corrected chi connectivity index (χ2v) is 10.6. The Labute approximate surface area is 234 Å². The standard InChI is InChI=1S/C29H27BrN2O5S/c1-4-36-25-14-21(8-12-24(25)37-17-27(33)31-23-11-5-18(2)19(3)13-23)15-26-28(34)32(29(35)38-26)16-20-6-9-22(30)10-7-20/h5-15H,4,16-17H2,1-3H3,(H,31,33)/b26-15-. The van der Waals surface area contributed by atoms with E-state index < -0.39 is 0 Å². The Kier molecular flexibility index (Phi) is 8.91. The quantitative estimate of drug-likeness (QED) is 0.277. The summed E-state index contributed by atoms with van der Waals surface area (Å²) in [5.41, 5.74) is 4.48. The molecule has 0 saturated carbocycles. The Morgan fingerprint density at radius 1 is 0.974 bits per heavy atom. The molecule has 3 amide bonds. The highest BCUT2D eigenvalue weighted by molar-refractivity contribution is 9.10. The monoisotopic (exact) mass is 594 g/mol. The van der Waals surface area contributed by atoms with Crippen molar-refractivity contribution in [1.29, 1.82) is 0 Å². The second kappa shape index (κ2) is 12.3. The number of aryl methyl sites for hydroxylation is 2. The van der Waals surface area contributed by atoms with Crippen LogP contribution in [-0.2, 0) is 16.1 Å². The minimum absolute atomic E-state index is 0.193. The van der Waals surface area contributed by atoms with Crippen LogP contribution in [0, 0.1) is 13.8 Å². The van der Waals surface area contributed by atoms with Gasteiger partial charge in [-0.25, -0.2) is 0 Å². The number of anilines is 1. The van der Waals surface area contributed by atoms with Gasteiger partial charge >= 0.3 is 0 Å². The zero-order valence-corrected chi connectivity index (χ0v) is 23.6. The van der Waals surface area contributed by atoms with E-state index in [0.717, 1.165) is 32.9 Å². The molecule has 0 aromatic heterocycles. The molecule has 4 rings (SSSR count). The fourth-order valence-electron chi connectivity index (χ4n) is 3.72. The molecule has 1 aliphatic heterocycles. The lowest BCUT2D eigenvalue weighted by Gasteiger charge is -2.13. The normalized spacial score (nSPS) is 14.2. The Hall–Kier alpha value is -3.56. The molecular formula is C29H27BrN2O5S. The first-order valence-electron chi connectivity index (χ1n) is 12.0.